The fourth-order valence-corrected chi connectivity index (χ4v) is 3.30. The van der Waals surface area contributed by atoms with Gasteiger partial charge in [-0.25, -0.2) is 4.98 Å². The highest BCUT2D eigenvalue weighted by Crippen LogP contribution is 2.40. The SMILES string of the molecule is C/C(N)=C/c1nc(NC2CC(C)(O)C2)nnc1-c1ccc(C(F)(F)F)cc1OC(F)(F)F. The van der Waals surface area contributed by atoms with Crippen LogP contribution in [0, 0.1) is 0 Å². The zero-order chi connectivity index (χ0) is 23.9. The molecular formula is C19H19F6N5O2. The van der Waals surface area contributed by atoms with Gasteiger partial charge < -0.3 is 20.9 Å². The second-order valence-corrected chi connectivity index (χ2v) is 7.76. The monoisotopic (exact) mass is 463 g/mol. The molecule has 4 N–H and O–H groups in total. The van der Waals surface area contributed by atoms with Crippen molar-refractivity contribution in [2.24, 2.45) is 5.73 Å². The molecule has 3 rings (SSSR count). The van der Waals surface area contributed by atoms with Gasteiger partial charge in [0, 0.05) is 17.3 Å². The minimum absolute atomic E-state index is 0.0203. The number of nitrogens with two attached hydrogens (primary N) is 1. The van der Waals surface area contributed by atoms with E-state index >= 15 is 0 Å². The number of hydrogen-bond acceptors (Lipinski definition) is 7. The van der Waals surface area contributed by atoms with Gasteiger partial charge in [-0.3, -0.25) is 0 Å². The fraction of sp³-hybridized carbons (Fsp3) is 0.421. The van der Waals surface area contributed by atoms with Crippen LogP contribution >= 0.6 is 0 Å². The van der Waals surface area contributed by atoms with E-state index in [0.717, 1.165) is 6.07 Å². The largest absolute Gasteiger partial charge is 0.573 e. The smallest absolute Gasteiger partial charge is 0.405 e. The van der Waals surface area contributed by atoms with Crippen molar-refractivity contribution in [1.29, 1.82) is 0 Å². The molecule has 32 heavy (non-hydrogen) atoms. The zero-order valence-corrected chi connectivity index (χ0v) is 16.8. The molecule has 1 aliphatic rings. The predicted molar refractivity (Wildman–Crippen MR) is 102 cm³/mol. The molecule has 1 heterocycles. The van der Waals surface area contributed by atoms with Crippen LogP contribution in [0.15, 0.2) is 23.9 Å². The maximum Gasteiger partial charge on any atom is 0.573 e. The molecule has 0 unspecified atom stereocenters. The lowest BCUT2D eigenvalue weighted by atomic mass is 9.77. The van der Waals surface area contributed by atoms with Gasteiger partial charge >= 0.3 is 12.5 Å². The molecular weight excluding hydrogens is 444 g/mol. The Bertz CT molecular complexity index is 1020. The first kappa shape index (κ1) is 23.6. The van der Waals surface area contributed by atoms with Crippen LogP contribution < -0.4 is 15.8 Å². The molecule has 7 nitrogen and oxygen atoms in total. The van der Waals surface area contributed by atoms with Crippen LogP contribution in [0.4, 0.5) is 32.3 Å². The lowest BCUT2D eigenvalue weighted by Crippen LogP contribution is -2.48. The third-order valence-electron chi connectivity index (χ3n) is 4.57. The van der Waals surface area contributed by atoms with Gasteiger partial charge in [-0.2, -0.15) is 13.2 Å². The summed E-state index contributed by atoms with van der Waals surface area (Å²) in [5.41, 5.74) is 3.05. The van der Waals surface area contributed by atoms with Crippen molar-refractivity contribution in [1.82, 2.24) is 15.2 Å². The molecule has 0 radical (unpaired) electrons. The number of alkyl halides is 6. The maximum absolute atomic E-state index is 13.0. The third kappa shape index (κ3) is 5.78. The van der Waals surface area contributed by atoms with E-state index in [0.29, 0.717) is 18.9 Å². The predicted octanol–water partition coefficient (Wildman–Crippen LogP) is 4.10. The van der Waals surface area contributed by atoms with Crippen LogP contribution in [0.1, 0.15) is 37.9 Å². The summed E-state index contributed by atoms with van der Waals surface area (Å²) in [6.45, 7) is 3.15. The first-order valence-electron chi connectivity index (χ1n) is 9.28. The molecule has 1 aliphatic carbocycles. The average Bonchev–Trinajstić information content (AvgIpc) is 2.58. The van der Waals surface area contributed by atoms with E-state index < -0.39 is 35.0 Å². The Balaban J connectivity index is 2.06. The second-order valence-electron chi connectivity index (χ2n) is 7.76. The van der Waals surface area contributed by atoms with E-state index in [1.165, 1.54) is 13.0 Å². The van der Waals surface area contributed by atoms with Gasteiger partial charge in [0.1, 0.15) is 11.4 Å². The van der Waals surface area contributed by atoms with Gasteiger partial charge in [-0.15, -0.1) is 23.4 Å². The summed E-state index contributed by atoms with van der Waals surface area (Å²) < 4.78 is 81.5. The molecule has 0 saturated heterocycles. The summed E-state index contributed by atoms with van der Waals surface area (Å²) in [5.74, 6) is -1.09. The highest BCUT2D eigenvalue weighted by Gasteiger charge is 2.39. The van der Waals surface area contributed by atoms with Gasteiger partial charge in [0.2, 0.25) is 5.95 Å². The van der Waals surface area contributed by atoms with Gasteiger partial charge in [0.05, 0.1) is 16.9 Å². The van der Waals surface area contributed by atoms with E-state index in [9.17, 15) is 31.4 Å². The van der Waals surface area contributed by atoms with Crippen molar-refractivity contribution < 1.29 is 36.2 Å². The number of halogens is 6. The third-order valence-corrected chi connectivity index (χ3v) is 4.57. The van der Waals surface area contributed by atoms with Gasteiger partial charge in [0.25, 0.3) is 0 Å². The van der Waals surface area contributed by atoms with Crippen LogP contribution in [0.2, 0.25) is 0 Å². The number of aromatic nitrogens is 3. The Morgan fingerprint density at radius 3 is 2.41 bits per heavy atom. The van der Waals surface area contributed by atoms with E-state index in [1.807, 2.05) is 0 Å². The van der Waals surface area contributed by atoms with Crippen LogP contribution in [-0.2, 0) is 6.18 Å². The zero-order valence-electron chi connectivity index (χ0n) is 16.8. The highest BCUT2D eigenvalue weighted by molar-refractivity contribution is 5.75. The molecule has 1 fully saturated rings. The summed E-state index contributed by atoms with van der Waals surface area (Å²) in [6.07, 6.45) is -8.01. The summed E-state index contributed by atoms with van der Waals surface area (Å²) in [7, 11) is 0. The van der Waals surface area contributed by atoms with E-state index in [1.54, 1.807) is 6.92 Å². The lowest BCUT2D eigenvalue weighted by molar-refractivity contribution is -0.274. The van der Waals surface area contributed by atoms with Gasteiger partial charge in [0.15, 0.2) is 0 Å². The average molecular weight is 463 g/mol. The van der Waals surface area contributed by atoms with Crippen LogP contribution in [0.3, 0.4) is 0 Å². The molecule has 1 aromatic heterocycles. The van der Waals surface area contributed by atoms with Crippen molar-refractivity contribution in [3.05, 3.63) is 35.2 Å². The highest BCUT2D eigenvalue weighted by atomic mass is 19.4. The number of aliphatic hydroxyl groups is 1. The normalized spacial score (nSPS) is 21.8. The number of rotatable bonds is 5. The summed E-state index contributed by atoms with van der Waals surface area (Å²) in [5, 5.41) is 20.4. The fourth-order valence-electron chi connectivity index (χ4n) is 3.30. The number of nitrogens with one attached hydrogen (secondary N) is 1. The van der Waals surface area contributed by atoms with E-state index in [4.69, 9.17) is 5.73 Å². The van der Waals surface area contributed by atoms with Crippen molar-refractivity contribution >= 4 is 12.0 Å². The molecule has 1 saturated carbocycles. The van der Waals surface area contributed by atoms with Crippen LogP contribution in [0.25, 0.3) is 17.3 Å². The molecule has 0 amide bonds. The molecule has 0 atom stereocenters. The number of ether oxygens (including phenoxy) is 1. The Morgan fingerprint density at radius 2 is 1.88 bits per heavy atom. The molecule has 0 aliphatic heterocycles. The number of anilines is 1. The van der Waals surface area contributed by atoms with Crippen LogP contribution in [0.5, 0.6) is 5.75 Å². The minimum atomic E-state index is -5.25. The number of hydrogen-bond donors (Lipinski definition) is 3. The Labute approximate surface area is 178 Å². The Morgan fingerprint density at radius 1 is 1.22 bits per heavy atom. The topological polar surface area (TPSA) is 106 Å². The number of allylic oxidation sites excluding steroid dienone is 1. The number of nitrogens with zero attached hydrogens (tertiary/aromatic N) is 3. The summed E-state index contributed by atoms with van der Waals surface area (Å²) in [6, 6.07) is 1.49. The standard InChI is InChI=1S/C19H19F6N5O2/c1-9(26)5-13-15(29-30-16(28-13)27-11-7-17(2,31)8-11)12-4-3-10(18(20,21)22)6-14(12)32-19(23,24)25/h3-6,11,31H,7-8,26H2,1-2H3,(H,27,28,30)/b9-5-. The van der Waals surface area contributed by atoms with Crippen molar-refractivity contribution in [2.75, 3.05) is 5.32 Å². The Hall–Kier alpha value is -3.09. The van der Waals surface area contributed by atoms with Gasteiger partial charge in [-0.1, -0.05) is 0 Å². The van der Waals surface area contributed by atoms with Crippen molar-refractivity contribution in [2.45, 2.75) is 50.9 Å². The van der Waals surface area contributed by atoms with Crippen LogP contribution in [-0.4, -0.2) is 38.3 Å². The van der Waals surface area contributed by atoms with E-state index in [-0.39, 0.29) is 35.1 Å². The minimum Gasteiger partial charge on any atom is -0.405 e. The summed E-state index contributed by atoms with van der Waals surface area (Å²) >= 11 is 0. The Kier molecular flexibility index (Phi) is 5.98. The maximum atomic E-state index is 13.0. The van der Waals surface area contributed by atoms with Gasteiger partial charge in [-0.05, 0) is 51.0 Å². The second kappa shape index (κ2) is 8.11. The molecule has 1 aromatic carbocycles. The first-order valence-corrected chi connectivity index (χ1v) is 9.28. The molecule has 2 aromatic rings. The number of benzene rings is 1. The first-order chi connectivity index (χ1) is 14.6. The quantitative estimate of drug-likeness (QED) is 0.574. The van der Waals surface area contributed by atoms with Crippen molar-refractivity contribution in [3.8, 4) is 17.0 Å². The molecule has 13 heteroatoms. The molecule has 0 spiro atoms. The van der Waals surface area contributed by atoms with Crippen molar-refractivity contribution in [3.63, 3.8) is 0 Å². The summed E-state index contributed by atoms with van der Waals surface area (Å²) in [4.78, 5) is 4.19. The lowest BCUT2D eigenvalue weighted by Gasteiger charge is -2.41. The molecule has 174 valence electrons. The van der Waals surface area contributed by atoms with E-state index in [2.05, 4.69) is 25.2 Å². The molecule has 0 bridgehead atoms.